The average Bonchev–Trinajstić information content (AvgIpc) is 2.83. The molecule has 196 valence electrons. The van der Waals surface area contributed by atoms with E-state index in [2.05, 4.69) is 27.7 Å². The molecule has 0 aliphatic heterocycles. The number of ketones is 2. The van der Waals surface area contributed by atoms with Gasteiger partial charge in [0.05, 0.1) is 12.5 Å². The Kier molecular flexibility index (Phi) is 5.16. The first-order valence-corrected chi connectivity index (χ1v) is 13.3. The smallest absolute Gasteiger partial charge is 0.311 e. The Morgan fingerprint density at radius 1 is 0.944 bits per heavy atom. The SMILES string of the molecule is COC(=O)[C@]1(C)CC[C@]2(C)CC[C@]3(C)[C@H]4C(=O)C(=O)c5c(cc(O)c(O)c5C)[C@]4(C)CC[C@@]3(C)[C@@H]2C1. The van der Waals surface area contributed by atoms with E-state index in [1.54, 1.807) is 6.92 Å². The molecule has 0 radical (unpaired) electrons. The highest BCUT2D eigenvalue weighted by Gasteiger charge is 2.71. The third-order valence-corrected chi connectivity index (χ3v) is 12.0. The summed E-state index contributed by atoms with van der Waals surface area (Å²) in [6.07, 6.45) is 5.80. The lowest BCUT2D eigenvalue weighted by atomic mass is 9.32. The molecule has 0 saturated heterocycles. The maximum absolute atomic E-state index is 14.0. The van der Waals surface area contributed by atoms with Gasteiger partial charge < -0.3 is 14.9 Å². The van der Waals surface area contributed by atoms with E-state index < -0.39 is 27.9 Å². The number of ether oxygens (including phenoxy) is 1. The summed E-state index contributed by atoms with van der Waals surface area (Å²) in [5.74, 6) is -1.98. The Morgan fingerprint density at radius 2 is 1.56 bits per heavy atom. The molecule has 6 nitrogen and oxygen atoms in total. The molecule has 0 spiro atoms. The molecule has 36 heavy (non-hydrogen) atoms. The van der Waals surface area contributed by atoms with Crippen LogP contribution in [0.4, 0.5) is 0 Å². The fourth-order valence-electron chi connectivity index (χ4n) is 9.45. The van der Waals surface area contributed by atoms with Crippen LogP contribution in [0, 0.1) is 40.4 Å². The third-order valence-electron chi connectivity index (χ3n) is 12.0. The van der Waals surface area contributed by atoms with Gasteiger partial charge in [-0.15, -0.1) is 0 Å². The predicted molar refractivity (Wildman–Crippen MR) is 135 cm³/mol. The van der Waals surface area contributed by atoms with Crippen LogP contribution in [-0.4, -0.2) is 34.9 Å². The molecule has 2 N–H and O–H groups in total. The van der Waals surface area contributed by atoms with Gasteiger partial charge in [-0.25, -0.2) is 0 Å². The van der Waals surface area contributed by atoms with Gasteiger partial charge in [-0.1, -0.05) is 27.7 Å². The Hall–Kier alpha value is -2.37. The van der Waals surface area contributed by atoms with Gasteiger partial charge in [-0.2, -0.15) is 0 Å². The van der Waals surface area contributed by atoms with Gasteiger partial charge in [0.2, 0.25) is 11.6 Å². The Bertz CT molecular complexity index is 1200. The summed E-state index contributed by atoms with van der Waals surface area (Å²) in [6.45, 7) is 12.5. The number of esters is 1. The number of phenolic OH excluding ortho intramolecular Hbond substituents is 2. The van der Waals surface area contributed by atoms with E-state index in [4.69, 9.17) is 4.74 Å². The van der Waals surface area contributed by atoms with E-state index in [1.807, 2.05) is 6.92 Å². The minimum Gasteiger partial charge on any atom is -0.504 e. The summed E-state index contributed by atoms with van der Waals surface area (Å²) in [5.41, 5.74) is -0.596. The van der Waals surface area contributed by atoms with Crippen LogP contribution in [0.3, 0.4) is 0 Å². The number of rotatable bonds is 1. The molecule has 1 aromatic carbocycles. The minimum absolute atomic E-state index is 0.0653. The number of carbonyl (C=O) groups is 3. The predicted octanol–water partition coefficient (Wildman–Crippen LogP) is 5.63. The fraction of sp³-hybridized carbons (Fsp3) is 0.700. The second-order valence-electron chi connectivity index (χ2n) is 13.6. The summed E-state index contributed by atoms with van der Waals surface area (Å²) in [7, 11) is 1.46. The molecule has 4 aliphatic carbocycles. The van der Waals surface area contributed by atoms with Crippen LogP contribution in [0.5, 0.6) is 11.5 Å². The second-order valence-corrected chi connectivity index (χ2v) is 13.6. The van der Waals surface area contributed by atoms with Gasteiger partial charge >= 0.3 is 5.97 Å². The van der Waals surface area contributed by atoms with E-state index in [9.17, 15) is 24.6 Å². The summed E-state index contributed by atoms with van der Waals surface area (Å²) < 4.78 is 5.22. The number of hydrogen-bond donors (Lipinski definition) is 2. The number of phenols is 2. The summed E-state index contributed by atoms with van der Waals surface area (Å²) in [6, 6.07) is 1.52. The van der Waals surface area contributed by atoms with Crippen LogP contribution < -0.4 is 0 Å². The van der Waals surface area contributed by atoms with Crippen LogP contribution >= 0.6 is 0 Å². The zero-order valence-electron chi connectivity index (χ0n) is 22.7. The van der Waals surface area contributed by atoms with Crippen molar-refractivity contribution >= 4 is 17.5 Å². The molecule has 1 aromatic rings. The standard InChI is InChI=1S/C30H40O6/c1-16-20-17(14-18(31)21(16)32)28(4)11-13-29(5)19-15-27(3,25(35)36-7)9-8-26(19,2)10-12-30(29,6)24(28)23(34)22(20)33/h14,19,24,31-32H,8-13,15H2,1-7H3/t19-,24+,26-,27-,28+,29+,30-/m1/s1. The lowest BCUT2D eigenvalue weighted by Gasteiger charge is -2.71. The minimum atomic E-state index is -0.626. The molecule has 3 fully saturated rings. The molecule has 0 heterocycles. The number of benzene rings is 1. The molecular weight excluding hydrogens is 456 g/mol. The van der Waals surface area contributed by atoms with Crippen LogP contribution in [0.15, 0.2) is 6.07 Å². The van der Waals surface area contributed by atoms with Gasteiger partial charge in [0.25, 0.3) is 0 Å². The molecule has 7 atom stereocenters. The zero-order valence-corrected chi connectivity index (χ0v) is 22.7. The van der Waals surface area contributed by atoms with E-state index in [0.29, 0.717) is 12.0 Å². The monoisotopic (exact) mass is 496 g/mol. The number of Topliss-reactive ketones (excluding diaryl/α,β-unsaturated/α-hetero) is 2. The first kappa shape index (κ1) is 25.3. The van der Waals surface area contributed by atoms with Crippen LogP contribution in [0.25, 0.3) is 0 Å². The Labute approximate surface area is 213 Å². The van der Waals surface area contributed by atoms with Crippen molar-refractivity contribution in [2.75, 3.05) is 7.11 Å². The van der Waals surface area contributed by atoms with E-state index in [-0.39, 0.29) is 51.1 Å². The van der Waals surface area contributed by atoms with Crippen molar-refractivity contribution in [2.45, 2.75) is 91.9 Å². The van der Waals surface area contributed by atoms with Crippen molar-refractivity contribution in [1.29, 1.82) is 0 Å². The lowest BCUT2D eigenvalue weighted by molar-refractivity contribution is -0.211. The summed E-state index contributed by atoms with van der Waals surface area (Å²) in [4.78, 5) is 40.5. The third kappa shape index (κ3) is 2.82. The molecule has 3 saturated carbocycles. The largest absolute Gasteiger partial charge is 0.504 e. The fourth-order valence-corrected chi connectivity index (χ4v) is 9.45. The highest BCUT2D eigenvalue weighted by molar-refractivity contribution is 6.46. The molecule has 0 unspecified atom stereocenters. The number of carbonyl (C=O) groups excluding carboxylic acids is 3. The first-order valence-electron chi connectivity index (χ1n) is 13.3. The van der Waals surface area contributed by atoms with Gasteiger partial charge in [0.15, 0.2) is 11.5 Å². The van der Waals surface area contributed by atoms with E-state index >= 15 is 0 Å². The molecule has 6 heteroatoms. The summed E-state index contributed by atoms with van der Waals surface area (Å²) >= 11 is 0. The van der Waals surface area contributed by atoms with E-state index in [1.165, 1.54) is 13.2 Å². The molecule has 0 aromatic heterocycles. The van der Waals surface area contributed by atoms with Crippen LogP contribution in [0.2, 0.25) is 0 Å². The van der Waals surface area contributed by atoms with Crippen molar-refractivity contribution in [3.8, 4) is 11.5 Å². The number of fused-ring (bicyclic) bond motifs is 7. The number of hydrogen-bond acceptors (Lipinski definition) is 6. The van der Waals surface area contributed by atoms with Crippen molar-refractivity contribution in [3.63, 3.8) is 0 Å². The summed E-state index contributed by atoms with van der Waals surface area (Å²) in [5, 5.41) is 20.8. The quantitative estimate of drug-likeness (QED) is 0.297. The zero-order chi connectivity index (χ0) is 26.6. The van der Waals surface area contributed by atoms with Crippen LogP contribution in [-0.2, 0) is 19.7 Å². The van der Waals surface area contributed by atoms with Crippen LogP contribution in [0.1, 0.15) is 101 Å². The second kappa shape index (κ2) is 7.35. The van der Waals surface area contributed by atoms with E-state index in [0.717, 1.165) is 38.5 Å². The highest BCUT2D eigenvalue weighted by Crippen LogP contribution is 2.75. The Balaban J connectivity index is 1.67. The van der Waals surface area contributed by atoms with Crippen molar-refractivity contribution in [2.24, 2.45) is 33.5 Å². The first-order chi connectivity index (χ1) is 16.6. The average molecular weight is 497 g/mol. The van der Waals surface area contributed by atoms with Crippen molar-refractivity contribution in [3.05, 3.63) is 22.8 Å². The highest BCUT2D eigenvalue weighted by atomic mass is 16.5. The molecule has 0 bridgehead atoms. The van der Waals surface area contributed by atoms with Gasteiger partial charge in [-0.05, 0) is 92.6 Å². The lowest BCUT2D eigenvalue weighted by Crippen LogP contribution is -2.68. The maximum Gasteiger partial charge on any atom is 0.311 e. The maximum atomic E-state index is 14.0. The van der Waals surface area contributed by atoms with Crippen molar-refractivity contribution < 1.29 is 29.3 Å². The number of aromatic hydroxyl groups is 2. The molecule has 0 amide bonds. The Morgan fingerprint density at radius 3 is 2.19 bits per heavy atom. The van der Waals surface area contributed by atoms with Gasteiger partial charge in [0, 0.05) is 22.5 Å². The molecule has 5 rings (SSSR count). The topological polar surface area (TPSA) is 101 Å². The number of methoxy groups -OCH3 is 1. The molecular formula is C30H40O6. The molecule has 4 aliphatic rings. The normalized spacial score (nSPS) is 43.6. The van der Waals surface area contributed by atoms with Gasteiger partial charge in [0.1, 0.15) is 0 Å². The van der Waals surface area contributed by atoms with Gasteiger partial charge in [-0.3, -0.25) is 14.4 Å². The van der Waals surface area contributed by atoms with Crippen molar-refractivity contribution in [1.82, 2.24) is 0 Å².